The molecule has 4 nitrogen and oxygen atoms in total. The van der Waals surface area contributed by atoms with E-state index in [0.717, 1.165) is 23.0 Å². The highest BCUT2D eigenvalue weighted by Crippen LogP contribution is 2.35. The van der Waals surface area contributed by atoms with E-state index in [1.807, 2.05) is 42.7 Å². The molecule has 1 aromatic heterocycles. The van der Waals surface area contributed by atoms with Crippen LogP contribution in [0.4, 0.5) is 0 Å². The summed E-state index contributed by atoms with van der Waals surface area (Å²) < 4.78 is 7.62. The smallest absolute Gasteiger partial charge is 0.156 e. The van der Waals surface area contributed by atoms with Crippen molar-refractivity contribution in [1.82, 2.24) is 9.55 Å². The lowest BCUT2D eigenvalue weighted by molar-refractivity contribution is 0.318. The summed E-state index contributed by atoms with van der Waals surface area (Å²) in [6.07, 6.45) is 2.61. The Labute approximate surface area is 168 Å². The molecule has 0 aliphatic rings. The fourth-order valence-electron chi connectivity index (χ4n) is 2.92. The van der Waals surface area contributed by atoms with Crippen LogP contribution < -0.4 is 4.74 Å². The maximum absolute atomic E-state index is 9.73. The van der Waals surface area contributed by atoms with Crippen molar-refractivity contribution in [2.75, 3.05) is 6.61 Å². The Hall–Kier alpha value is -2.48. The van der Waals surface area contributed by atoms with E-state index in [-0.39, 0.29) is 0 Å². The minimum atomic E-state index is 0.420. The number of nitriles is 1. The third-order valence-electron chi connectivity index (χ3n) is 4.11. The van der Waals surface area contributed by atoms with E-state index in [9.17, 15) is 5.26 Å². The van der Waals surface area contributed by atoms with Crippen LogP contribution in [0.5, 0.6) is 5.75 Å². The first-order chi connectivity index (χ1) is 13.1. The summed E-state index contributed by atoms with van der Waals surface area (Å²) in [6, 6.07) is 13.6. The average Bonchev–Trinajstić information content (AvgIpc) is 3.04. The Morgan fingerprint density at radius 2 is 1.93 bits per heavy atom. The summed E-state index contributed by atoms with van der Waals surface area (Å²) in [5, 5.41) is 10.6. The van der Waals surface area contributed by atoms with Crippen LogP contribution >= 0.6 is 23.2 Å². The molecule has 27 heavy (non-hydrogen) atoms. The molecule has 0 atom stereocenters. The van der Waals surface area contributed by atoms with Crippen molar-refractivity contribution in [3.05, 3.63) is 57.8 Å². The third-order valence-corrected chi connectivity index (χ3v) is 4.68. The largest absolute Gasteiger partial charge is 0.490 e. The number of fused-ring (bicyclic) bond motifs is 1. The lowest BCUT2D eigenvalue weighted by atomic mass is 10.1. The van der Waals surface area contributed by atoms with E-state index < -0.39 is 0 Å². The van der Waals surface area contributed by atoms with Crippen LogP contribution in [-0.2, 0) is 6.54 Å². The first-order valence-electron chi connectivity index (χ1n) is 8.78. The molecule has 0 aliphatic carbocycles. The van der Waals surface area contributed by atoms with Crippen molar-refractivity contribution in [1.29, 1.82) is 5.26 Å². The Bertz CT molecular complexity index is 1020. The molecule has 0 aliphatic heterocycles. The first-order valence-corrected chi connectivity index (χ1v) is 9.53. The Balaban J connectivity index is 2.07. The summed E-state index contributed by atoms with van der Waals surface area (Å²) >= 11 is 12.6. The molecule has 2 aromatic carbocycles. The van der Waals surface area contributed by atoms with Crippen LogP contribution in [0.1, 0.15) is 31.7 Å². The lowest BCUT2D eigenvalue weighted by Gasteiger charge is -2.10. The number of aromatic nitrogens is 2. The minimum absolute atomic E-state index is 0.420. The van der Waals surface area contributed by atoms with Gasteiger partial charge in [-0.1, -0.05) is 42.3 Å². The Morgan fingerprint density at radius 3 is 2.56 bits per heavy atom. The summed E-state index contributed by atoms with van der Waals surface area (Å²) in [7, 11) is 0. The molecule has 0 spiro atoms. The van der Waals surface area contributed by atoms with E-state index in [1.54, 1.807) is 18.2 Å². The molecule has 0 bridgehead atoms. The van der Waals surface area contributed by atoms with Crippen LogP contribution in [0, 0.1) is 11.3 Å². The van der Waals surface area contributed by atoms with Gasteiger partial charge in [-0.25, -0.2) is 4.98 Å². The van der Waals surface area contributed by atoms with Crippen molar-refractivity contribution in [3.63, 3.8) is 0 Å². The zero-order chi connectivity index (χ0) is 19.4. The fraction of sp³-hybridized carbons (Fsp3) is 0.238. The van der Waals surface area contributed by atoms with E-state index >= 15 is 0 Å². The molecule has 138 valence electrons. The number of rotatable bonds is 6. The average molecular weight is 400 g/mol. The Kier molecular flexibility index (Phi) is 6.05. The highest BCUT2D eigenvalue weighted by molar-refractivity contribution is 6.37. The predicted molar refractivity (Wildman–Crippen MR) is 111 cm³/mol. The SMILES string of the molecule is CCCOc1c(Cl)cc(/C=C(/C#N)c2nc3ccccc3n2CC)cc1Cl. The van der Waals surface area contributed by atoms with Gasteiger partial charge in [-0.15, -0.1) is 0 Å². The monoisotopic (exact) mass is 399 g/mol. The number of imidazole rings is 1. The zero-order valence-electron chi connectivity index (χ0n) is 15.2. The van der Waals surface area contributed by atoms with E-state index in [1.165, 1.54) is 0 Å². The molecule has 3 rings (SSSR count). The molecule has 0 fully saturated rings. The van der Waals surface area contributed by atoms with Crippen molar-refractivity contribution in [2.45, 2.75) is 26.8 Å². The lowest BCUT2D eigenvalue weighted by Crippen LogP contribution is -2.00. The summed E-state index contributed by atoms with van der Waals surface area (Å²) in [4.78, 5) is 4.64. The van der Waals surface area contributed by atoms with Gasteiger partial charge < -0.3 is 9.30 Å². The standard InChI is InChI=1S/C21H19Cl2N3O/c1-3-9-27-20-16(22)11-14(12-17(20)23)10-15(13-24)21-25-18-7-5-6-8-19(18)26(21)4-2/h5-8,10-12H,3-4,9H2,1-2H3/b15-10-. The van der Waals surface area contributed by atoms with Crippen LogP contribution in [0.2, 0.25) is 10.0 Å². The summed E-state index contributed by atoms with van der Waals surface area (Å²) in [6.45, 7) is 5.29. The molecule has 6 heteroatoms. The number of aryl methyl sites for hydroxylation is 1. The molecule has 1 heterocycles. The van der Waals surface area contributed by atoms with Gasteiger partial charge in [-0.2, -0.15) is 5.26 Å². The van der Waals surface area contributed by atoms with Gasteiger partial charge in [-0.3, -0.25) is 0 Å². The quantitative estimate of drug-likeness (QED) is 0.462. The Morgan fingerprint density at radius 1 is 1.22 bits per heavy atom. The van der Waals surface area contributed by atoms with Gasteiger partial charge in [-0.05, 0) is 49.2 Å². The van der Waals surface area contributed by atoms with Crippen molar-refractivity contribution in [2.24, 2.45) is 0 Å². The molecule has 0 saturated carbocycles. The zero-order valence-corrected chi connectivity index (χ0v) is 16.7. The van der Waals surface area contributed by atoms with Gasteiger partial charge in [0.1, 0.15) is 6.07 Å². The number of nitrogens with zero attached hydrogens (tertiary/aromatic N) is 3. The number of allylic oxidation sites excluding steroid dienone is 1. The molecule has 0 unspecified atom stereocenters. The second-order valence-corrected chi connectivity index (χ2v) is 6.81. The third kappa shape index (κ3) is 3.95. The summed E-state index contributed by atoms with van der Waals surface area (Å²) in [5.41, 5.74) is 3.02. The van der Waals surface area contributed by atoms with Gasteiger partial charge in [0, 0.05) is 6.54 Å². The number of ether oxygens (including phenoxy) is 1. The van der Waals surface area contributed by atoms with Gasteiger partial charge in [0.25, 0.3) is 0 Å². The van der Waals surface area contributed by atoms with Crippen LogP contribution in [0.15, 0.2) is 36.4 Å². The number of hydrogen-bond acceptors (Lipinski definition) is 3. The molecule has 3 aromatic rings. The number of halogens is 2. The molecular formula is C21H19Cl2N3O. The first kappa shape index (κ1) is 19.3. The van der Waals surface area contributed by atoms with Crippen LogP contribution in [0.25, 0.3) is 22.7 Å². The molecule has 0 radical (unpaired) electrons. The van der Waals surface area contributed by atoms with Crippen molar-refractivity contribution < 1.29 is 4.74 Å². The molecular weight excluding hydrogens is 381 g/mol. The second kappa shape index (κ2) is 8.47. The highest BCUT2D eigenvalue weighted by Gasteiger charge is 2.15. The number of para-hydroxylation sites is 2. The van der Waals surface area contributed by atoms with Crippen molar-refractivity contribution in [3.8, 4) is 11.8 Å². The van der Waals surface area contributed by atoms with Crippen molar-refractivity contribution >= 4 is 45.9 Å². The highest BCUT2D eigenvalue weighted by atomic mass is 35.5. The molecule has 0 amide bonds. The molecule has 0 saturated heterocycles. The van der Waals surface area contributed by atoms with E-state index in [2.05, 4.69) is 11.1 Å². The topological polar surface area (TPSA) is 50.8 Å². The maximum atomic E-state index is 9.73. The fourth-order valence-corrected chi connectivity index (χ4v) is 3.53. The minimum Gasteiger partial charge on any atom is -0.490 e. The maximum Gasteiger partial charge on any atom is 0.156 e. The van der Waals surface area contributed by atoms with Crippen LogP contribution in [-0.4, -0.2) is 16.2 Å². The van der Waals surface area contributed by atoms with Gasteiger partial charge in [0.05, 0.1) is 33.3 Å². The second-order valence-electron chi connectivity index (χ2n) is 6.00. The summed E-state index contributed by atoms with van der Waals surface area (Å²) in [5.74, 6) is 1.09. The molecule has 0 N–H and O–H groups in total. The number of benzene rings is 2. The number of hydrogen-bond donors (Lipinski definition) is 0. The normalized spacial score (nSPS) is 11.6. The predicted octanol–water partition coefficient (Wildman–Crippen LogP) is 6.22. The van der Waals surface area contributed by atoms with Gasteiger partial charge >= 0.3 is 0 Å². The van der Waals surface area contributed by atoms with Gasteiger partial charge in [0.2, 0.25) is 0 Å². The van der Waals surface area contributed by atoms with Crippen LogP contribution in [0.3, 0.4) is 0 Å². The van der Waals surface area contributed by atoms with E-state index in [0.29, 0.717) is 40.3 Å². The van der Waals surface area contributed by atoms with Gasteiger partial charge in [0.15, 0.2) is 11.6 Å². The van der Waals surface area contributed by atoms with E-state index in [4.69, 9.17) is 27.9 Å².